The van der Waals surface area contributed by atoms with Crippen LogP contribution in [0.5, 0.6) is 0 Å². The summed E-state index contributed by atoms with van der Waals surface area (Å²) in [5.74, 6) is -0.248. The average molecular weight is 300 g/mol. The number of esters is 1. The van der Waals surface area contributed by atoms with Crippen LogP contribution in [0, 0.1) is 10.1 Å². The molecule has 0 aliphatic carbocycles. The van der Waals surface area contributed by atoms with Gasteiger partial charge < -0.3 is 10.1 Å². The number of nitrogens with zero attached hydrogens (tertiary/aromatic N) is 1. The second-order valence-electron chi connectivity index (χ2n) is 4.67. The van der Waals surface area contributed by atoms with Crippen molar-refractivity contribution < 1.29 is 14.5 Å². The molecular weight excluding hydrogens is 284 g/mol. The number of hydrogen-bond donors (Lipinski definition) is 1. The van der Waals surface area contributed by atoms with Gasteiger partial charge in [-0.2, -0.15) is 0 Å². The minimum atomic E-state index is -0.424. The lowest BCUT2D eigenvalue weighted by molar-refractivity contribution is -0.383. The molecule has 0 amide bonds. The third-order valence-corrected chi connectivity index (χ3v) is 3.18. The normalized spacial score (nSPS) is 10.0. The van der Waals surface area contributed by atoms with Crippen molar-refractivity contribution in [2.45, 2.75) is 12.8 Å². The highest BCUT2D eigenvalue weighted by Gasteiger charge is 2.12. The van der Waals surface area contributed by atoms with Crippen molar-refractivity contribution in [1.29, 1.82) is 0 Å². The lowest BCUT2D eigenvalue weighted by Gasteiger charge is -2.08. The molecule has 0 saturated carbocycles. The molecule has 1 N–H and O–H groups in total. The van der Waals surface area contributed by atoms with Crippen molar-refractivity contribution in [3.63, 3.8) is 0 Å². The molecule has 0 aromatic heterocycles. The lowest BCUT2D eigenvalue weighted by Crippen LogP contribution is -2.02. The van der Waals surface area contributed by atoms with E-state index < -0.39 is 4.92 Å². The first-order valence-electron chi connectivity index (χ1n) is 6.76. The molecule has 0 heterocycles. The van der Waals surface area contributed by atoms with E-state index in [0.717, 1.165) is 11.3 Å². The Bertz CT molecular complexity index is 668. The smallest absolute Gasteiger partial charge is 0.305 e. The Hall–Kier alpha value is -2.89. The summed E-state index contributed by atoms with van der Waals surface area (Å²) in [6, 6.07) is 13.9. The maximum atomic E-state index is 11.1. The van der Waals surface area contributed by atoms with Crippen molar-refractivity contribution in [3.05, 3.63) is 64.2 Å². The number of nitro groups is 1. The first-order chi connectivity index (χ1) is 10.6. The molecule has 22 heavy (non-hydrogen) atoms. The summed E-state index contributed by atoms with van der Waals surface area (Å²) in [4.78, 5) is 21.6. The summed E-state index contributed by atoms with van der Waals surface area (Å²) in [6.07, 6.45) is 0.922. The van der Waals surface area contributed by atoms with E-state index in [1.165, 1.54) is 13.2 Å². The Morgan fingerprint density at radius 3 is 2.50 bits per heavy atom. The SMILES string of the molecule is COC(=O)CCc1ccc(Nc2ccccc2[N+](=O)[O-])cc1. The summed E-state index contributed by atoms with van der Waals surface area (Å²) in [6.45, 7) is 0. The van der Waals surface area contributed by atoms with Gasteiger partial charge in [-0.05, 0) is 30.2 Å². The van der Waals surface area contributed by atoms with Crippen LogP contribution in [0.25, 0.3) is 0 Å². The fourth-order valence-electron chi connectivity index (χ4n) is 2.00. The van der Waals surface area contributed by atoms with E-state index >= 15 is 0 Å². The number of rotatable bonds is 6. The number of hydrogen-bond acceptors (Lipinski definition) is 5. The second kappa shape index (κ2) is 7.21. The monoisotopic (exact) mass is 300 g/mol. The fourth-order valence-corrected chi connectivity index (χ4v) is 2.00. The number of nitro benzene ring substituents is 1. The van der Waals surface area contributed by atoms with Gasteiger partial charge >= 0.3 is 5.97 Å². The van der Waals surface area contributed by atoms with Gasteiger partial charge in [-0.15, -0.1) is 0 Å². The van der Waals surface area contributed by atoms with Gasteiger partial charge in [-0.3, -0.25) is 14.9 Å². The number of carbonyl (C=O) groups excluding carboxylic acids is 1. The molecule has 0 atom stereocenters. The Morgan fingerprint density at radius 2 is 1.86 bits per heavy atom. The van der Waals surface area contributed by atoms with E-state index in [2.05, 4.69) is 10.1 Å². The molecule has 0 radical (unpaired) electrons. The standard InChI is InChI=1S/C16H16N2O4/c1-22-16(19)11-8-12-6-9-13(10-7-12)17-14-4-2-3-5-15(14)18(20)21/h2-7,9-10,17H,8,11H2,1H3. The summed E-state index contributed by atoms with van der Waals surface area (Å²) in [7, 11) is 1.36. The Labute approximate surface area is 127 Å². The van der Waals surface area contributed by atoms with Crippen molar-refractivity contribution in [2.24, 2.45) is 0 Å². The summed E-state index contributed by atoms with van der Waals surface area (Å²) in [5.41, 5.74) is 2.21. The minimum Gasteiger partial charge on any atom is -0.469 e. The van der Waals surface area contributed by atoms with Gasteiger partial charge in [-0.25, -0.2) is 0 Å². The zero-order valence-corrected chi connectivity index (χ0v) is 12.1. The zero-order chi connectivity index (χ0) is 15.9. The highest BCUT2D eigenvalue weighted by molar-refractivity contribution is 5.70. The molecule has 114 valence electrons. The number of para-hydroxylation sites is 2. The van der Waals surface area contributed by atoms with Crippen LogP contribution < -0.4 is 5.32 Å². The van der Waals surface area contributed by atoms with Gasteiger partial charge in [-0.1, -0.05) is 24.3 Å². The molecule has 0 spiro atoms. The van der Waals surface area contributed by atoms with Gasteiger partial charge in [0.05, 0.1) is 12.0 Å². The van der Waals surface area contributed by atoms with Crippen molar-refractivity contribution in [2.75, 3.05) is 12.4 Å². The molecule has 6 heteroatoms. The largest absolute Gasteiger partial charge is 0.469 e. The maximum Gasteiger partial charge on any atom is 0.305 e. The second-order valence-corrected chi connectivity index (χ2v) is 4.67. The first-order valence-corrected chi connectivity index (χ1v) is 6.76. The predicted octanol–water partition coefficient (Wildman–Crippen LogP) is 3.44. The van der Waals surface area contributed by atoms with E-state index in [1.807, 2.05) is 24.3 Å². The van der Waals surface area contributed by atoms with Crippen LogP contribution in [-0.2, 0) is 16.0 Å². The van der Waals surface area contributed by atoms with Crippen molar-refractivity contribution in [3.8, 4) is 0 Å². The predicted molar refractivity (Wildman–Crippen MR) is 83.2 cm³/mol. The molecule has 2 aromatic carbocycles. The van der Waals surface area contributed by atoms with Gasteiger partial charge in [0.1, 0.15) is 5.69 Å². The number of nitrogens with one attached hydrogen (secondary N) is 1. The van der Waals surface area contributed by atoms with Gasteiger partial charge in [0, 0.05) is 18.2 Å². The van der Waals surface area contributed by atoms with E-state index in [1.54, 1.807) is 18.2 Å². The maximum absolute atomic E-state index is 11.1. The molecule has 0 unspecified atom stereocenters. The highest BCUT2D eigenvalue weighted by Crippen LogP contribution is 2.27. The van der Waals surface area contributed by atoms with Gasteiger partial charge in [0.25, 0.3) is 5.69 Å². The van der Waals surface area contributed by atoms with E-state index in [9.17, 15) is 14.9 Å². The van der Waals surface area contributed by atoms with Crippen LogP contribution in [0.4, 0.5) is 17.1 Å². The molecule has 2 rings (SSSR count). The van der Waals surface area contributed by atoms with Crippen molar-refractivity contribution >= 4 is 23.0 Å². The van der Waals surface area contributed by atoms with Crippen LogP contribution in [-0.4, -0.2) is 18.0 Å². The molecule has 0 aliphatic rings. The summed E-state index contributed by atoms with van der Waals surface area (Å²) < 4.78 is 4.60. The summed E-state index contributed by atoms with van der Waals surface area (Å²) in [5, 5.41) is 14.0. The van der Waals surface area contributed by atoms with Gasteiger partial charge in [0.2, 0.25) is 0 Å². The molecule has 6 nitrogen and oxygen atoms in total. The quantitative estimate of drug-likeness (QED) is 0.502. The third-order valence-electron chi connectivity index (χ3n) is 3.18. The first kappa shape index (κ1) is 15.5. The lowest BCUT2D eigenvalue weighted by atomic mass is 10.1. The molecular formula is C16H16N2O4. The number of carbonyl (C=O) groups is 1. The van der Waals surface area contributed by atoms with Crippen molar-refractivity contribution in [1.82, 2.24) is 0 Å². The Kier molecular flexibility index (Phi) is 5.08. The highest BCUT2D eigenvalue weighted by atomic mass is 16.6. The number of benzene rings is 2. The topological polar surface area (TPSA) is 81.5 Å². The summed E-state index contributed by atoms with van der Waals surface area (Å²) >= 11 is 0. The molecule has 2 aromatic rings. The van der Waals surface area contributed by atoms with Crippen LogP contribution in [0.15, 0.2) is 48.5 Å². The Morgan fingerprint density at radius 1 is 1.18 bits per heavy atom. The molecule has 0 saturated heterocycles. The van der Waals surface area contributed by atoms with Crippen LogP contribution in [0.3, 0.4) is 0 Å². The third kappa shape index (κ3) is 4.05. The number of aryl methyl sites for hydroxylation is 1. The number of anilines is 2. The molecule has 0 fully saturated rings. The van der Waals surface area contributed by atoms with Crippen LogP contribution in [0.1, 0.15) is 12.0 Å². The Balaban J connectivity index is 2.06. The average Bonchev–Trinajstić information content (AvgIpc) is 2.54. The van der Waals surface area contributed by atoms with E-state index in [-0.39, 0.29) is 11.7 Å². The number of ether oxygens (including phenoxy) is 1. The molecule has 0 bridgehead atoms. The zero-order valence-electron chi connectivity index (χ0n) is 12.1. The molecule has 0 aliphatic heterocycles. The van der Waals surface area contributed by atoms with Crippen LogP contribution in [0.2, 0.25) is 0 Å². The van der Waals surface area contributed by atoms with E-state index in [4.69, 9.17) is 0 Å². The fraction of sp³-hybridized carbons (Fsp3) is 0.188. The van der Waals surface area contributed by atoms with E-state index in [0.29, 0.717) is 18.5 Å². The number of methoxy groups -OCH3 is 1. The van der Waals surface area contributed by atoms with Crippen LogP contribution >= 0.6 is 0 Å². The van der Waals surface area contributed by atoms with Gasteiger partial charge in [0.15, 0.2) is 0 Å². The minimum absolute atomic E-state index is 0.0252.